The first kappa shape index (κ1) is 14.6. The van der Waals surface area contributed by atoms with Crippen LogP contribution in [-0.4, -0.2) is 29.1 Å². The Labute approximate surface area is 123 Å². The lowest BCUT2D eigenvalue weighted by Gasteiger charge is -2.27. The van der Waals surface area contributed by atoms with E-state index >= 15 is 0 Å². The van der Waals surface area contributed by atoms with E-state index in [1.54, 1.807) is 4.90 Å². The van der Waals surface area contributed by atoms with E-state index in [4.69, 9.17) is 17.3 Å². The van der Waals surface area contributed by atoms with Crippen molar-refractivity contribution < 1.29 is 4.79 Å². The van der Waals surface area contributed by atoms with Crippen LogP contribution in [0, 0.1) is 0 Å². The predicted molar refractivity (Wildman–Crippen MR) is 81.5 cm³/mol. The summed E-state index contributed by atoms with van der Waals surface area (Å²) < 4.78 is 0. The van der Waals surface area contributed by atoms with Gasteiger partial charge in [0.15, 0.2) is 0 Å². The average Bonchev–Trinajstić information content (AvgIpc) is 2.48. The van der Waals surface area contributed by atoms with Gasteiger partial charge in [0.2, 0.25) is 0 Å². The summed E-state index contributed by atoms with van der Waals surface area (Å²) in [5.74, 6) is -0.151. The fourth-order valence-electron chi connectivity index (χ4n) is 2.14. The zero-order valence-corrected chi connectivity index (χ0v) is 12.2. The van der Waals surface area contributed by atoms with Crippen molar-refractivity contribution >= 4 is 22.7 Å². The van der Waals surface area contributed by atoms with Gasteiger partial charge in [-0.3, -0.25) is 9.79 Å². The summed E-state index contributed by atoms with van der Waals surface area (Å²) in [6.07, 6.45) is 0.655. The van der Waals surface area contributed by atoms with Gasteiger partial charge in [-0.2, -0.15) is 0 Å². The van der Waals surface area contributed by atoms with Crippen LogP contribution in [0.4, 0.5) is 0 Å². The number of hydrogen-bond acceptors (Lipinski definition) is 3. The average molecular weight is 292 g/mol. The van der Waals surface area contributed by atoms with Gasteiger partial charge in [-0.25, -0.2) is 0 Å². The summed E-state index contributed by atoms with van der Waals surface area (Å²) in [5.41, 5.74) is 7.84. The number of nitrogens with two attached hydrogens (primary N) is 1. The van der Waals surface area contributed by atoms with Gasteiger partial charge >= 0.3 is 0 Å². The molecule has 2 N–H and O–H groups in total. The second-order valence-electron chi connectivity index (χ2n) is 4.62. The first-order chi connectivity index (χ1) is 9.63. The van der Waals surface area contributed by atoms with E-state index in [-0.39, 0.29) is 11.6 Å². The van der Waals surface area contributed by atoms with Gasteiger partial charge in [0.25, 0.3) is 5.91 Å². The SMILES string of the molecule is CCN1CCC(C(Cl)=NCc2ccccc2)=C(N)C1=O. The largest absolute Gasteiger partial charge is 0.394 e. The highest BCUT2D eigenvalue weighted by molar-refractivity contribution is 6.69. The summed E-state index contributed by atoms with van der Waals surface area (Å²) in [6.45, 7) is 3.72. The summed E-state index contributed by atoms with van der Waals surface area (Å²) in [7, 11) is 0. The predicted octanol–water partition coefficient (Wildman–Crippen LogP) is 2.29. The molecular weight excluding hydrogens is 274 g/mol. The first-order valence-corrected chi connectivity index (χ1v) is 7.03. The van der Waals surface area contributed by atoms with Crippen LogP contribution in [0.25, 0.3) is 0 Å². The fourth-order valence-corrected chi connectivity index (χ4v) is 2.39. The van der Waals surface area contributed by atoms with E-state index in [2.05, 4.69) is 4.99 Å². The number of carbonyl (C=O) groups is 1. The van der Waals surface area contributed by atoms with Gasteiger partial charge in [0.1, 0.15) is 10.9 Å². The van der Waals surface area contributed by atoms with Crippen molar-refractivity contribution in [2.45, 2.75) is 19.9 Å². The van der Waals surface area contributed by atoms with Gasteiger partial charge in [0, 0.05) is 18.7 Å². The maximum atomic E-state index is 12.0. The lowest BCUT2D eigenvalue weighted by atomic mass is 10.1. The summed E-state index contributed by atoms with van der Waals surface area (Å²) >= 11 is 6.20. The molecule has 2 rings (SSSR count). The third kappa shape index (κ3) is 3.20. The van der Waals surface area contributed by atoms with Gasteiger partial charge in [-0.15, -0.1) is 0 Å². The Bertz CT molecular complexity index is 551. The summed E-state index contributed by atoms with van der Waals surface area (Å²) in [5, 5.41) is 0.343. The number of nitrogens with zero attached hydrogens (tertiary/aromatic N) is 2. The van der Waals surface area contributed by atoms with Crippen molar-refractivity contribution in [1.29, 1.82) is 0 Å². The highest BCUT2D eigenvalue weighted by Gasteiger charge is 2.25. The second-order valence-corrected chi connectivity index (χ2v) is 4.98. The Morgan fingerprint density at radius 1 is 1.40 bits per heavy atom. The normalized spacial score (nSPS) is 16.8. The molecule has 0 bridgehead atoms. The molecule has 0 radical (unpaired) electrons. The minimum absolute atomic E-state index is 0.151. The van der Waals surface area contributed by atoms with Crippen LogP contribution in [-0.2, 0) is 11.3 Å². The third-order valence-electron chi connectivity index (χ3n) is 3.35. The summed E-state index contributed by atoms with van der Waals surface area (Å²) in [6, 6.07) is 9.83. The van der Waals surface area contributed by atoms with E-state index in [1.165, 1.54) is 0 Å². The van der Waals surface area contributed by atoms with Crippen LogP contribution in [0.5, 0.6) is 0 Å². The molecule has 0 aromatic heterocycles. The maximum Gasteiger partial charge on any atom is 0.270 e. The molecule has 1 aromatic rings. The molecule has 0 spiro atoms. The van der Waals surface area contributed by atoms with E-state index < -0.39 is 0 Å². The second kappa shape index (κ2) is 6.57. The fraction of sp³-hybridized carbons (Fsp3) is 0.333. The van der Waals surface area contributed by atoms with Crippen LogP contribution in [0.15, 0.2) is 46.6 Å². The van der Waals surface area contributed by atoms with E-state index in [1.807, 2.05) is 37.3 Å². The van der Waals surface area contributed by atoms with E-state index in [0.29, 0.717) is 36.8 Å². The number of likely N-dealkylation sites (N-methyl/N-ethyl adjacent to an activating group) is 1. The zero-order chi connectivity index (χ0) is 14.5. The quantitative estimate of drug-likeness (QED) is 0.865. The molecule has 0 unspecified atom stereocenters. The molecule has 4 nitrogen and oxygen atoms in total. The van der Waals surface area contributed by atoms with Crippen LogP contribution in [0.2, 0.25) is 0 Å². The summed E-state index contributed by atoms with van der Waals surface area (Å²) in [4.78, 5) is 18.0. The monoisotopic (exact) mass is 291 g/mol. The molecule has 5 heteroatoms. The first-order valence-electron chi connectivity index (χ1n) is 6.65. The molecule has 1 aliphatic heterocycles. The molecule has 1 heterocycles. The molecule has 0 saturated heterocycles. The number of amides is 1. The molecule has 106 valence electrons. The van der Waals surface area contributed by atoms with Crippen molar-refractivity contribution in [3.63, 3.8) is 0 Å². The molecule has 1 amide bonds. The maximum absolute atomic E-state index is 12.0. The molecular formula is C15H18ClN3O. The van der Waals surface area contributed by atoms with Crippen LogP contribution in [0.1, 0.15) is 18.9 Å². The van der Waals surface area contributed by atoms with E-state index in [0.717, 1.165) is 5.56 Å². The lowest BCUT2D eigenvalue weighted by molar-refractivity contribution is -0.127. The Hall–Kier alpha value is -1.81. The number of hydrogen-bond donors (Lipinski definition) is 1. The van der Waals surface area contributed by atoms with Crippen LogP contribution in [0.3, 0.4) is 0 Å². The Kier molecular flexibility index (Phi) is 4.79. The Morgan fingerprint density at radius 3 is 2.75 bits per heavy atom. The molecule has 0 atom stereocenters. The topological polar surface area (TPSA) is 58.7 Å². The number of aliphatic imine (C=N–C) groups is 1. The highest BCUT2D eigenvalue weighted by atomic mass is 35.5. The molecule has 20 heavy (non-hydrogen) atoms. The van der Waals surface area contributed by atoms with Crippen LogP contribution >= 0.6 is 11.6 Å². The molecule has 0 aliphatic carbocycles. The number of benzene rings is 1. The van der Waals surface area contributed by atoms with Crippen molar-refractivity contribution in [3.8, 4) is 0 Å². The van der Waals surface area contributed by atoms with E-state index in [9.17, 15) is 4.79 Å². The van der Waals surface area contributed by atoms with Crippen molar-refractivity contribution in [2.75, 3.05) is 13.1 Å². The van der Waals surface area contributed by atoms with Gasteiger partial charge in [-0.1, -0.05) is 41.9 Å². The minimum atomic E-state index is -0.151. The standard InChI is InChI=1S/C15H18ClN3O/c1-2-19-9-8-12(13(17)15(19)20)14(16)18-10-11-6-4-3-5-7-11/h3-7H,2,8-10,17H2,1H3. The van der Waals surface area contributed by atoms with Crippen LogP contribution < -0.4 is 5.73 Å². The minimum Gasteiger partial charge on any atom is -0.394 e. The van der Waals surface area contributed by atoms with Crippen molar-refractivity contribution in [3.05, 3.63) is 47.2 Å². The molecule has 0 fully saturated rings. The third-order valence-corrected chi connectivity index (χ3v) is 3.70. The van der Waals surface area contributed by atoms with Gasteiger partial charge in [0.05, 0.1) is 6.54 Å². The number of rotatable bonds is 4. The Balaban J connectivity index is 2.14. The number of carbonyl (C=O) groups excluding carboxylic acids is 1. The number of halogens is 1. The Morgan fingerprint density at radius 2 is 2.10 bits per heavy atom. The zero-order valence-electron chi connectivity index (χ0n) is 11.5. The highest BCUT2D eigenvalue weighted by Crippen LogP contribution is 2.19. The lowest BCUT2D eigenvalue weighted by Crippen LogP contribution is -2.40. The molecule has 0 saturated carbocycles. The molecule has 1 aromatic carbocycles. The van der Waals surface area contributed by atoms with Crippen molar-refractivity contribution in [1.82, 2.24) is 4.90 Å². The van der Waals surface area contributed by atoms with Gasteiger partial charge in [-0.05, 0) is 18.9 Å². The smallest absolute Gasteiger partial charge is 0.270 e. The van der Waals surface area contributed by atoms with Gasteiger partial charge < -0.3 is 10.6 Å². The molecule has 1 aliphatic rings. The van der Waals surface area contributed by atoms with Crippen molar-refractivity contribution in [2.24, 2.45) is 10.7 Å².